The molecule has 0 spiro atoms. The fraction of sp³-hybridized carbons (Fsp3) is 0.286. The second-order valence-corrected chi connectivity index (χ2v) is 9.00. The lowest BCUT2D eigenvalue weighted by Crippen LogP contribution is -2.44. The van der Waals surface area contributed by atoms with E-state index in [2.05, 4.69) is 54.1 Å². The van der Waals surface area contributed by atoms with Crippen molar-refractivity contribution in [3.8, 4) is 22.3 Å². The zero-order valence-corrected chi connectivity index (χ0v) is 19.8. The Hall–Kier alpha value is -3.64. The molecule has 2 N–H and O–H groups in total. The molecule has 0 unspecified atom stereocenters. The molecule has 1 saturated heterocycles. The van der Waals surface area contributed by atoms with E-state index in [1.807, 2.05) is 18.3 Å². The summed E-state index contributed by atoms with van der Waals surface area (Å²) in [5, 5.41) is 0. The standard InChI is InChI=1S/C28H30N4O2/c1-3-4-24-26(20-5-7-21(8-6-20)28(29)33)27-25(34-24)17-22(18-30-27)19-9-11-23(12-10-19)32-15-13-31(2)14-16-32/h5-12,17-18H,3-4,13-16H2,1-2H3,(H2,29,33). The molecule has 0 aliphatic carbocycles. The highest BCUT2D eigenvalue weighted by Crippen LogP contribution is 2.36. The van der Waals surface area contributed by atoms with Crippen LogP contribution in [0.25, 0.3) is 33.4 Å². The molecule has 4 aromatic rings. The van der Waals surface area contributed by atoms with Gasteiger partial charge in [-0.25, -0.2) is 0 Å². The maximum atomic E-state index is 11.5. The molecule has 1 aliphatic heterocycles. The number of primary amides is 1. The van der Waals surface area contributed by atoms with Gasteiger partial charge in [-0.05, 0) is 54.9 Å². The molecule has 1 amide bonds. The third-order valence-electron chi connectivity index (χ3n) is 6.61. The minimum absolute atomic E-state index is 0.432. The molecule has 5 rings (SSSR count). The first-order chi connectivity index (χ1) is 16.5. The monoisotopic (exact) mass is 454 g/mol. The molecule has 3 heterocycles. The van der Waals surface area contributed by atoms with Gasteiger partial charge in [-0.1, -0.05) is 31.2 Å². The zero-order chi connectivity index (χ0) is 23.7. The van der Waals surface area contributed by atoms with Gasteiger partial charge in [0.2, 0.25) is 5.91 Å². The summed E-state index contributed by atoms with van der Waals surface area (Å²) in [6, 6.07) is 18.1. The fourth-order valence-corrected chi connectivity index (χ4v) is 4.62. The summed E-state index contributed by atoms with van der Waals surface area (Å²) in [7, 11) is 2.17. The number of likely N-dealkylation sites (N-methyl/N-ethyl adjacent to an activating group) is 1. The quantitative estimate of drug-likeness (QED) is 0.445. The Kier molecular flexibility index (Phi) is 6.07. The average Bonchev–Trinajstić information content (AvgIpc) is 3.22. The third kappa shape index (κ3) is 4.29. The molecule has 1 aliphatic rings. The predicted octanol–water partition coefficient (Wildman–Crippen LogP) is 4.97. The van der Waals surface area contributed by atoms with Crippen molar-refractivity contribution in [2.75, 3.05) is 38.1 Å². The van der Waals surface area contributed by atoms with E-state index < -0.39 is 5.91 Å². The molecule has 0 atom stereocenters. The number of carbonyl (C=O) groups excluding carboxylic acids is 1. The number of anilines is 1. The van der Waals surface area contributed by atoms with Crippen molar-refractivity contribution in [1.29, 1.82) is 0 Å². The summed E-state index contributed by atoms with van der Waals surface area (Å²) in [6.07, 6.45) is 3.70. The molecule has 0 bridgehead atoms. The van der Waals surface area contributed by atoms with E-state index in [1.165, 1.54) is 5.69 Å². The van der Waals surface area contributed by atoms with E-state index >= 15 is 0 Å². The largest absolute Gasteiger partial charge is 0.459 e. The number of nitrogens with two attached hydrogens (primary N) is 1. The van der Waals surface area contributed by atoms with Gasteiger partial charge in [0.15, 0.2) is 5.58 Å². The number of aromatic nitrogens is 1. The van der Waals surface area contributed by atoms with Crippen molar-refractivity contribution in [3.63, 3.8) is 0 Å². The summed E-state index contributed by atoms with van der Waals surface area (Å²) in [6.45, 7) is 6.43. The number of hydrogen-bond donors (Lipinski definition) is 1. The number of carbonyl (C=O) groups is 1. The van der Waals surface area contributed by atoms with Crippen LogP contribution in [0.5, 0.6) is 0 Å². The van der Waals surface area contributed by atoms with Gasteiger partial charge < -0.3 is 20.0 Å². The molecule has 2 aromatic carbocycles. The van der Waals surface area contributed by atoms with Crippen LogP contribution in [0.4, 0.5) is 5.69 Å². The number of piperazine rings is 1. The number of furan rings is 1. The number of amides is 1. The zero-order valence-electron chi connectivity index (χ0n) is 19.8. The third-order valence-corrected chi connectivity index (χ3v) is 6.61. The molecule has 1 fully saturated rings. The van der Waals surface area contributed by atoms with Gasteiger partial charge in [-0.2, -0.15) is 0 Å². The number of nitrogens with zero attached hydrogens (tertiary/aromatic N) is 3. The highest BCUT2D eigenvalue weighted by molar-refractivity contribution is 5.96. The highest BCUT2D eigenvalue weighted by atomic mass is 16.3. The Morgan fingerprint density at radius 1 is 0.971 bits per heavy atom. The smallest absolute Gasteiger partial charge is 0.248 e. The van der Waals surface area contributed by atoms with Gasteiger partial charge in [0.05, 0.1) is 0 Å². The van der Waals surface area contributed by atoms with Crippen LogP contribution in [0.2, 0.25) is 0 Å². The second-order valence-electron chi connectivity index (χ2n) is 9.00. The van der Waals surface area contributed by atoms with Crippen molar-refractivity contribution in [2.45, 2.75) is 19.8 Å². The molecular weight excluding hydrogens is 424 g/mol. The lowest BCUT2D eigenvalue weighted by atomic mass is 10.0. The van der Waals surface area contributed by atoms with Crippen LogP contribution in [0.15, 0.2) is 65.2 Å². The minimum atomic E-state index is -0.432. The molecule has 34 heavy (non-hydrogen) atoms. The number of pyridine rings is 1. The topological polar surface area (TPSA) is 75.6 Å². The maximum absolute atomic E-state index is 11.5. The number of rotatable bonds is 6. The van der Waals surface area contributed by atoms with Gasteiger partial charge in [0.1, 0.15) is 11.3 Å². The van der Waals surface area contributed by atoms with Gasteiger partial charge >= 0.3 is 0 Å². The van der Waals surface area contributed by atoms with Gasteiger partial charge in [-0.3, -0.25) is 9.78 Å². The molecular formula is C28H30N4O2. The average molecular weight is 455 g/mol. The van der Waals surface area contributed by atoms with E-state index in [1.54, 1.807) is 12.1 Å². The fourth-order valence-electron chi connectivity index (χ4n) is 4.62. The van der Waals surface area contributed by atoms with Crippen LogP contribution in [-0.2, 0) is 6.42 Å². The SMILES string of the molecule is CCCc1oc2cc(-c3ccc(N4CCN(C)CC4)cc3)cnc2c1-c1ccc(C(N)=O)cc1. The van der Waals surface area contributed by atoms with Crippen LogP contribution >= 0.6 is 0 Å². The van der Waals surface area contributed by atoms with Crippen LogP contribution in [-0.4, -0.2) is 49.0 Å². The van der Waals surface area contributed by atoms with E-state index in [0.29, 0.717) is 5.56 Å². The van der Waals surface area contributed by atoms with Gasteiger partial charge in [0, 0.05) is 61.2 Å². The molecule has 2 aromatic heterocycles. The van der Waals surface area contributed by atoms with Crippen LogP contribution in [0.3, 0.4) is 0 Å². The Bertz CT molecular complexity index is 1300. The Morgan fingerprint density at radius 2 is 1.65 bits per heavy atom. The summed E-state index contributed by atoms with van der Waals surface area (Å²) >= 11 is 0. The molecule has 174 valence electrons. The first-order valence-electron chi connectivity index (χ1n) is 11.9. The normalized spacial score (nSPS) is 14.6. The first kappa shape index (κ1) is 22.2. The number of aryl methyl sites for hydroxylation is 1. The Morgan fingerprint density at radius 3 is 2.29 bits per heavy atom. The number of fused-ring (bicyclic) bond motifs is 1. The van der Waals surface area contributed by atoms with Crippen molar-refractivity contribution in [3.05, 3.63) is 72.1 Å². The molecule has 6 nitrogen and oxygen atoms in total. The maximum Gasteiger partial charge on any atom is 0.248 e. The van der Waals surface area contributed by atoms with Crippen molar-refractivity contribution in [2.24, 2.45) is 5.73 Å². The molecule has 6 heteroatoms. The number of benzene rings is 2. The number of hydrogen-bond acceptors (Lipinski definition) is 5. The van der Waals surface area contributed by atoms with Crippen molar-refractivity contribution < 1.29 is 9.21 Å². The van der Waals surface area contributed by atoms with E-state index in [-0.39, 0.29) is 0 Å². The van der Waals surface area contributed by atoms with E-state index in [0.717, 1.165) is 78.1 Å². The summed E-state index contributed by atoms with van der Waals surface area (Å²) in [4.78, 5) is 21.1. The van der Waals surface area contributed by atoms with Crippen LogP contribution < -0.4 is 10.6 Å². The minimum Gasteiger partial charge on any atom is -0.459 e. The van der Waals surface area contributed by atoms with Crippen molar-refractivity contribution >= 4 is 22.7 Å². The van der Waals surface area contributed by atoms with E-state index in [9.17, 15) is 4.79 Å². The highest BCUT2D eigenvalue weighted by Gasteiger charge is 2.18. The Labute approximate surface area is 200 Å². The van der Waals surface area contributed by atoms with Crippen molar-refractivity contribution in [1.82, 2.24) is 9.88 Å². The van der Waals surface area contributed by atoms with Gasteiger partial charge in [-0.15, -0.1) is 0 Å². The molecule has 0 saturated carbocycles. The van der Waals surface area contributed by atoms with Crippen LogP contribution in [0.1, 0.15) is 29.5 Å². The molecule has 0 radical (unpaired) electrons. The van der Waals surface area contributed by atoms with Gasteiger partial charge in [0.25, 0.3) is 0 Å². The van der Waals surface area contributed by atoms with E-state index in [4.69, 9.17) is 15.1 Å². The summed E-state index contributed by atoms with van der Waals surface area (Å²) in [5.41, 5.74) is 12.9. The lowest BCUT2D eigenvalue weighted by Gasteiger charge is -2.34. The van der Waals surface area contributed by atoms with Crippen LogP contribution in [0, 0.1) is 0 Å². The second kappa shape index (κ2) is 9.31. The lowest BCUT2D eigenvalue weighted by molar-refractivity contribution is 0.100. The summed E-state index contributed by atoms with van der Waals surface area (Å²) < 4.78 is 6.30. The predicted molar refractivity (Wildman–Crippen MR) is 137 cm³/mol. The Balaban J connectivity index is 1.47. The first-order valence-corrected chi connectivity index (χ1v) is 11.9. The summed E-state index contributed by atoms with van der Waals surface area (Å²) in [5.74, 6) is 0.484.